The van der Waals surface area contributed by atoms with Gasteiger partial charge in [-0.05, 0) is 54.5 Å². The molecule has 0 saturated heterocycles. The molecule has 1 aliphatic carbocycles. The van der Waals surface area contributed by atoms with E-state index in [9.17, 15) is 0 Å². The molecule has 2 atom stereocenters. The normalized spacial score (nSPS) is 19.4. The van der Waals surface area contributed by atoms with Crippen LogP contribution in [0.25, 0.3) is 11.3 Å². The van der Waals surface area contributed by atoms with Crippen LogP contribution in [0.15, 0.2) is 72.8 Å². The van der Waals surface area contributed by atoms with Gasteiger partial charge < -0.3 is 11.1 Å². The van der Waals surface area contributed by atoms with Gasteiger partial charge in [0, 0.05) is 18.2 Å². The van der Waals surface area contributed by atoms with Crippen molar-refractivity contribution in [2.75, 3.05) is 5.73 Å². The lowest BCUT2D eigenvalue weighted by Crippen LogP contribution is -2.39. The highest BCUT2D eigenvalue weighted by Gasteiger charge is 2.25. The van der Waals surface area contributed by atoms with Crippen LogP contribution in [0.5, 0.6) is 0 Å². The van der Waals surface area contributed by atoms with E-state index >= 15 is 0 Å². The minimum Gasteiger partial charge on any atom is -0.384 e. The predicted octanol–water partition coefficient (Wildman–Crippen LogP) is 5.22. The molecule has 3 aromatic rings. The number of nitrogens with zero attached hydrogens (tertiary/aromatic N) is 1. The van der Waals surface area contributed by atoms with Crippen LogP contribution in [0.4, 0.5) is 5.82 Å². The number of pyridine rings is 1. The third kappa shape index (κ3) is 4.79. The number of nitrogens with one attached hydrogen (secondary N) is 1. The molecule has 2 unspecified atom stereocenters. The summed E-state index contributed by atoms with van der Waals surface area (Å²) in [5.41, 5.74) is 10.7. The van der Waals surface area contributed by atoms with E-state index in [1.807, 2.05) is 18.2 Å². The molecule has 0 bridgehead atoms. The Labute approximate surface area is 168 Å². The zero-order chi connectivity index (χ0) is 19.2. The summed E-state index contributed by atoms with van der Waals surface area (Å²) in [5.74, 6) is 1.25. The first-order valence-electron chi connectivity index (χ1n) is 10.4. The van der Waals surface area contributed by atoms with Crippen molar-refractivity contribution in [2.24, 2.45) is 5.92 Å². The Morgan fingerprint density at radius 1 is 0.857 bits per heavy atom. The molecule has 1 aliphatic rings. The van der Waals surface area contributed by atoms with Crippen LogP contribution in [0.2, 0.25) is 0 Å². The lowest BCUT2D eigenvalue weighted by molar-refractivity contribution is 0.259. The maximum atomic E-state index is 5.86. The predicted molar refractivity (Wildman–Crippen MR) is 117 cm³/mol. The van der Waals surface area contributed by atoms with E-state index in [-0.39, 0.29) is 0 Å². The molecule has 0 radical (unpaired) electrons. The second kappa shape index (κ2) is 9.03. The van der Waals surface area contributed by atoms with Gasteiger partial charge in [-0.2, -0.15) is 0 Å². The molecule has 0 amide bonds. The van der Waals surface area contributed by atoms with Crippen molar-refractivity contribution in [3.05, 3.63) is 83.9 Å². The Morgan fingerprint density at radius 3 is 2.50 bits per heavy atom. The summed E-state index contributed by atoms with van der Waals surface area (Å²) >= 11 is 0. The second-order valence-electron chi connectivity index (χ2n) is 7.87. The van der Waals surface area contributed by atoms with Gasteiger partial charge in [0.2, 0.25) is 0 Å². The molecular formula is C25H29N3. The number of hydrogen-bond donors (Lipinski definition) is 2. The van der Waals surface area contributed by atoms with Crippen molar-refractivity contribution in [3.63, 3.8) is 0 Å². The number of anilines is 1. The highest BCUT2D eigenvalue weighted by Crippen LogP contribution is 2.29. The van der Waals surface area contributed by atoms with Crippen LogP contribution in [0, 0.1) is 5.92 Å². The van der Waals surface area contributed by atoms with Crippen LogP contribution in [-0.2, 0) is 13.0 Å². The first kappa shape index (κ1) is 18.7. The van der Waals surface area contributed by atoms with Crippen molar-refractivity contribution in [2.45, 2.75) is 44.7 Å². The third-order valence-corrected chi connectivity index (χ3v) is 5.81. The number of rotatable bonds is 6. The molecule has 1 saturated carbocycles. The van der Waals surface area contributed by atoms with Crippen LogP contribution in [0.3, 0.4) is 0 Å². The molecular weight excluding hydrogens is 342 g/mol. The molecule has 1 heterocycles. The lowest BCUT2D eigenvalue weighted by atomic mass is 9.80. The largest absolute Gasteiger partial charge is 0.384 e. The molecule has 2 aromatic carbocycles. The zero-order valence-electron chi connectivity index (χ0n) is 16.4. The topological polar surface area (TPSA) is 50.9 Å². The Balaban J connectivity index is 1.45. The van der Waals surface area contributed by atoms with Crippen LogP contribution in [-0.4, -0.2) is 11.0 Å². The summed E-state index contributed by atoms with van der Waals surface area (Å²) in [4.78, 5) is 4.47. The van der Waals surface area contributed by atoms with E-state index in [0.717, 1.165) is 24.2 Å². The summed E-state index contributed by atoms with van der Waals surface area (Å²) in [6, 6.07) is 25.9. The molecule has 3 nitrogen and oxygen atoms in total. The Morgan fingerprint density at radius 2 is 1.64 bits per heavy atom. The standard InChI is InChI=1S/C25H29N3/c26-25-15-7-14-24(28-25)22-12-6-10-20(17-22)16-21-11-4-5-13-23(21)27-18-19-8-2-1-3-9-19/h1-3,6-10,12,14-15,17,21,23,27H,4-5,11,13,16,18H2,(H2,26,28). The van der Waals surface area contributed by atoms with Gasteiger partial charge in [-0.25, -0.2) is 4.98 Å². The van der Waals surface area contributed by atoms with Gasteiger partial charge in [-0.15, -0.1) is 0 Å². The molecule has 0 aliphatic heterocycles. The second-order valence-corrected chi connectivity index (χ2v) is 7.87. The molecule has 3 N–H and O–H groups in total. The van der Waals surface area contributed by atoms with Gasteiger partial charge in [0.05, 0.1) is 5.69 Å². The van der Waals surface area contributed by atoms with E-state index in [1.165, 1.54) is 36.8 Å². The highest BCUT2D eigenvalue weighted by molar-refractivity contribution is 5.61. The SMILES string of the molecule is Nc1cccc(-c2cccc(CC3CCCCC3NCc3ccccc3)c2)n1. The number of hydrogen-bond acceptors (Lipinski definition) is 3. The maximum absolute atomic E-state index is 5.86. The third-order valence-electron chi connectivity index (χ3n) is 5.81. The number of aromatic nitrogens is 1. The van der Waals surface area contributed by atoms with Gasteiger partial charge >= 0.3 is 0 Å². The van der Waals surface area contributed by atoms with Crippen LogP contribution < -0.4 is 11.1 Å². The average molecular weight is 372 g/mol. The minimum absolute atomic E-state index is 0.570. The number of nitrogen functional groups attached to an aromatic ring is 1. The highest BCUT2D eigenvalue weighted by atomic mass is 14.9. The van der Waals surface area contributed by atoms with E-state index in [4.69, 9.17) is 5.73 Å². The van der Waals surface area contributed by atoms with E-state index < -0.39 is 0 Å². The average Bonchev–Trinajstić information content (AvgIpc) is 2.74. The monoisotopic (exact) mass is 371 g/mol. The smallest absolute Gasteiger partial charge is 0.124 e. The van der Waals surface area contributed by atoms with Crippen molar-refractivity contribution in [3.8, 4) is 11.3 Å². The number of nitrogens with two attached hydrogens (primary N) is 1. The first-order valence-corrected chi connectivity index (χ1v) is 10.4. The van der Waals surface area contributed by atoms with Crippen LogP contribution in [0.1, 0.15) is 36.8 Å². The molecule has 1 fully saturated rings. The van der Waals surface area contributed by atoms with E-state index in [0.29, 0.717) is 17.8 Å². The fraction of sp³-hybridized carbons (Fsp3) is 0.320. The summed E-state index contributed by atoms with van der Waals surface area (Å²) in [7, 11) is 0. The molecule has 144 valence electrons. The Kier molecular flexibility index (Phi) is 6.03. The van der Waals surface area contributed by atoms with Gasteiger partial charge in [0.15, 0.2) is 0 Å². The first-order chi connectivity index (χ1) is 13.8. The molecule has 4 rings (SSSR count). The van der Waals surface area contributed by atoms with Gasteiger partial charge in [-0.1, -0.05) is 67.4 Å². The summed E-state index contributed by atoms with van der Waals surface area (Å²) in [6.07, 6.45) is 6.35. The quantitative estimate of drug-likeness (QED) is 0.624. The summed E-state index contributed by atoms with van der Waals surface area (Å²) in [5, 5.41) is 3.83. The summed E-state index contributed by atoms with van der Waals surface area (Å²) in [6.45, 7) is 0.954. The van der Waals surface area contributed by atoms with Crippen molar-refractivity contribution < 1.29 is 0 Å². The van der Waals surface area contributed by atoms with Gasteiger partial charge in [-0.3, -0.25) is 0 Å². The zero-order valence-corrected chi connectivity index (χ0v) is 16.4. The van der Waals surface area contributed by atoms with Gasteiger partial charge in [0.25, 0.3) is 0 Å². The van der Waals surface area contributed by atoms with Crippen molar-refractivity contribution in [1.82, 2.24) is 10.3 Å². The molecule has 1 aromatic heterocycles. The molecule has 3 heteroatoms. The van der Waals surface area contributed by atoms with E-state index in [2.05, 4.69) is 64.9 Å². The molecule has 0 spiro atoms. The maximum Gasteiger partial charge on any atom is 0.124 e. The fourth-order valence-corrected chi connectivity index (χ4v) is 4.34. The summed E-state index contributed by atoms with van der Waals surface area (Å²) < 4.78 is 0. The Hall–Kier alpha value is -2.65. The fourth-order valence-electron chi connectivity index (χ4n) is 4.34. The van der Waals surface area contributed by atoms with Crippen LogP contribution >= 0.6 is 0 Å². The van der Waals surface area contributed by atoms with Gasteiger partial charge in [0.1, 0.15) is 5.82 Å². The Bertz CT molecular complexity index is 891. The molecule has 28 heavy (non-hydrogen) atoms. The van der Waals surface area contributed by atoms with Crippen molar-refractivity contribution >= 4 is 5.82 Å². The lowest BCUT2D eigenvalue weighted by Gasteiger charge is -2.32. The van der Waals surface area contributed by atoms with E-state index in [1.54, 1.807) is 0 Å². The van der Waals surface area contributed by atoms with Crippen molar-refractivity contribution in [1.29, 1.82) is 0 Å². The minimum atomic E-state index is 0.570. The number of benzene rings is 2.